The zero-order chi connectivity index (χ0) is 14.9. The van der Waals surface area contributed by atoms with Gasteiger partial charge in [0.2, 0.25) is 0 Å². The number of rotatable bonds is 3. The molecule has 1 aromatic heterocycles. The molecule has 0 bridgehead atoms. The molecular formula is C11H9FN4O3S. The van der Waals surface area contributed by atoms with E-state index < -0.39 is 23.0 Å². The number of benzene rings is 1. The maximum Gasteiger partial charge on any atom is 0.339 e. The molecule has 0 fully saturated rings. The molecule has 104 valence electrons. The molecule has 2 rings (SSSR count). The second kappa shape index (κ2) is 5.21. The van der Waals surface area contributed by atoms with Crippen molar-refractivity contribution >= 4 is 29.2 Å². The highest BCUT2D eigenvalue weighted by molar-refractivity contribution is 7.99. The minimum atomic E-state index is -1.38. The molecule has 0 unspecified atom stereocenters. The van der Waals surface area contributed by atoms with Crippen LogP contribution in [-0.4, -0.2) is 21.0 Å². The number of anilines is 2. The lowest BCUT2D eigenvalue weighted by molar-refractivity contribution is 0.0694. The van der Waals surface area contributed by atoms with E-state index in [1.165, 1.54) is 6.07 Å². The van der Waals surface area contributed by atoms with Crippen LogP contribution in [0.3, 0.4) is 0 Å². The number of carbonyl (C=O) groups is 1. The molecule has 0 saturated heterocycles. The van der Waals surface area contributed by atoms with Crippen LogP contribution < -0.4 is 17.0 Å². The largest absolute Gasteiger partial charge is 0.478 e. The zero-order valence-corrected chi connectivity index (χ0v) is 10.7. The second-order valence-corrected chi connectivity index (χ2v) is 4.75. The van der Waals surface area contributed by atoms with Crippen molar-refractivity contribution in [2.75, 3.05) is 11.5 Å². The average Bonchev–Trinajstić information content (AvgIpc) is 2.32. The third kappa shape index (κ3) is 2.72. The molecule has 0 aliphatic heterocycles. The Hall–Kier alpha value is -2.55. The molecule has 0 atom stereocenters. The lowest BCUT2D eigenvalue weighted by atomic mass is 10.2. The van der Waals surface area contributed by atoms with Crippen LogP contribution in [0.1, 0.15) is 10.4 Å². The van der Waals surface area contributed by atoms with E-state index in [2.05, 4.69) is 9.97 Å². The predicted octanol–water partition coefficient (Wildman–Crippen LogP) is 0.923. The van der Waals surface area contributed by atoms with Gasteiger partial charge in [-0.25, -0.2) is 14.2 Å². The summed E-state index contributed by atoms with van der Waals surface area (Å²) in [6, 6.07) is 3.36. The Balaban J connectivity index is 2.51. The summed E-state index contributed by atoms with van der Waals surface area (Å²) >= 11 is 0.820. The summed E-state index contributed by atoms with van der Waals surface area (Å²) < 4.78 is 13.3. The van der Waals surface area contributed by atoms with Gasteiger partial charge in [0.05, 0.1) is 11.3 Å². The van der Waals surface area contributed by atoms with Gasteiger partial charge in [0, 0.05) is 11.0 Å². The number of halogens is 1. The van der Waals surface area contributed by atoms with E-state index in [0.29, 0.717) is 0 Å². The Morgan fingerprint density at radius 2 is 2.10 bits per heavy atom. The van der Waals surface area contributed by atoms with Gasteiger partial charge in [-0.05, 0) is 12.1 Å². The Morgan fingerprint density at radius 1 is 1.40 bits per heavy atom. The van der Waals surface area contributed by atoms with E-state index in [-0.39, 0.29) is 21.4 Å². The number of nitrogens with zero attached hydrogens (tertiary/aromatic N) is 1. The van der Waals surface area contributed by atoms with E-state index in [0.717, 1.165) is 23.9 Å². The Bertz CT molecular complexity index is 747. The van der Waals surface area contributed by atoms with Crippen molar-refractivity contribution in [2.24, 2.45) is 0 Å². The number of carboxylic acid groups (broad SMARTS) is 1. The average molecular weight is 296 g/mol. The van der Waals surface area contributed by atoms with Crippen LogP contribution in [0.15, 0.2) is 33.0 Å². The quantitative estimate of drug-likeness (QED) is 0.488. The van der Waals surface area contributed by atoms with E-state index in [1.54, 1.807) is 0 Å². The van der Waals surface area contributed by atoms with Crippen LogP contribution >= 0.6 is 11.8 Å². The van der Waals surface area contributed by atoms with Gasteiger partial charge >= 0.3 is 5.97 Å². The van der Waals surface area contributed by atoms with Crippen molar-refractivity contribution in [3.05, 3.63) is 39.9 Å². The number of aromatic nitrogens is 2. The van der Waals surface area contributed by atoms with Crippen molar-refractivity contribution in [3.8, 4) is 0 Å². The fourth-order valence-corrected chi connectivity index (χ4v) is 2.43. The summed E-state index contributed by atoms with van der Waals surface area (Å²) in [6.45, 7) is 0. The fraction of sp³-hybridized carbons (Fsp3) is 0. The smallest absolute Gasteiger partial charge is 0.339 e. The van der Waals surface area contributed by atoms with Gasteiger partial charge in [-0.1, -0.05) is 11.8 Å². The van der Waals surface area contributed by atoms with Crippen molar-refractivity contribution in [1.29, 1.82) is 0 Å². The maximum atomic E-state index is 13.3. The molecule has 0 saturated carbocycles. The van der Waals surface area contributed by atoms with Gasteiger partial charge in [-0.3, -0.25) is 4.79 Å². The van der Waals surface area contributed by atoms with E-state index in [4.69, 9.17) is 16.6 Å². The molecule has 7 nitrogen and oxygen atoms in total. The second-order valence-electron chi connectivity index (χ2n) is 3.72. The number of aromatic amines is 1. The fourth-order valence-electron chi connectivity index (χ4n) is 1.49. The summed E-state index contributed by atoms with van der Waals surface area (Å²) in [7, 11) is 0. The van der Waals surface area contributed by atoms with Crippen LogP contribution in [0.5, 0.6) is 0 Å². The van der Waals surface area contributed by atoms with Crippen LogP contribution in [0, 0.1) is 5.82 Å². The monoisotopic (exact) mass is 296 g/mol. The Morgan fingerprint density at radius 3 is 2.70 bits per heavy atom. The minimum Gasteiger partial charge on any atom is -0.478 e. The first-order valence-corrected chi connectivity index (χ1v) is 6.06. The van der Waals surface area contributed by atoms with Gasteiger partial charge in [-0.15, -0.1) is 0 Å². The molecule has 9 heteroatoms. The van der Waals surface area contributed by atoms with E-state index in [1.807, 2.05) is 0 Å². The highest BCUT2D eigenvalue weighted by Gasteiger charge is 2.19. The summed E-state index contributed by atoms with van der Waals surface area (Å²) in [5.74, 6) is -2.22. The third-order valence-electron chi connectivity index (χ3n) is 2.31. The predicted molar refractivity (Wildman–Crippen MR) is 71.2 cm³/mol. The van der Waals surface area contributed by atoms with Gasteiger partial charge in [0.1, 0.15) is 11.6 Å². The molecule has 2 aromatic rings. The molecule has 0 aliphatic carbocycles. The van der Waals surface area contributed by atoms with Crippen molar-refractivity contribution in [1.82, 2.24) is 9.97 Å². The molecule has 1 heterocycles. The first-order chi connectivity index (χ1) is 9.38. The van der Waals surface area contributed by atoms with Crippen molar-refractivity contribution in [2.45, 2.75) is 10.1 Å². The Labute approximate surface area is 115 Å². The Kier molecular flexibility index (Phi) is 3.61. The van der Waals surface area contributed by atoms with Crippen molar-refractivity contribution < 1.29 is 14.3 Å². The SMILES string of the molecule is Nc1cc(=O)[nH]c(Sc2ccc(F)c(N)c2C(=O)O)n1. The van der Waals surface area contributed by atoms with E-state index in [9.17, 15) is 14.0 Å². The molecule has 6 N–H and O–H groups in total. The lowest BCUT2D eigenvalue weighted by Crippen LogP contribution is -2.10. The molecule has 0 aliphatic rings. The van der Waals surface area contributed by atoms with Gasteiger partial charge in [0.25, 0.3) is 5.56 Å². The van der Waals surface area contributed by atoms with Crippen LogP contribution in [-0.2, 0) is 0 Å². The number of nitrogens with two attached hydrogens (primary N) is 2. The summed E-state index contributed by atoms with van der Waals surface area (Å²) in [4.78, 5) is 28.8. The number of nitrogens with one attached hydrogen (secondary N) is 1. The highest BCUT2D eigenvalue weighted by Crippen LogP contribution is 2.32. The number of aromatic carboxylic acids is 1. The number of hydrogen-bond donors (Lipinski definition) is 4. The first kappa shape index (κ1) is 13.9. The number of nitrogen functional groups attached to an aromatic ring is 2. The molecule has 0 amide bonds. The normalized spacial score (nSPS) is 10.4. The number of carboxylic acids is 1. The summed E-state index contributed by atoms with van der Waals surface area (Å²) in [6.07, 6.45) is 0. The van der Waals surface area contributed by atoms with Crippen LogP contribution in [0.4, 0.5) is 15.9 Å². The molecule has 0 spiro atoms. The number of H-pyrrole nitrogens is 1. The van der Waals surface area contributed by atoms with Gasteiger partial charge in [-0.2, -0.15) is 0 Å². The standard InChI is InChI=1S/C11H9FN4O3S/c12-4-1-2-5(8(9(4)14)10(18)19)20-11-15-6(13)3-7(17)16-11/h1-3H,14H2,(H,18,19)(H3,13,15,16,17). The first-order valence-electron chi connectivity index (χ1n) is 5.24. The maximum absolute atomic E-state index is 13.3. The van der Waals surface area contributed by atoms with Gasteiger partial charge < -0.3 is 21.6 Å². The van der Waals surface area contributed by atoms with Crippen LogP contribution in [0.2, 0.25) is 0 Å². The van der Waals surface area contributed by atoms with Gasteiger partial charge in [0.15, 0.2) is 5.16 Å². The minimum absolute atomic E-state index is 0.0109. The third-order valence-corrected chi connectivity index (χ3v) is 3.26. The zero-order valence-electron chi connectivity index (χ0n) is 9.88. The van der Waals surface area contributed by atoms with Crippen LogP contribution in [0.25, 0.3) is 0 Å². The molecule has 0 radical (unpaired) electrons. The number of hydrogen-bond acceptors (Lipinski definition) is 6. The van der Waals surface area contributed by atoms with Crippen molar-refractivity contribution in [3.63, 3.8) is 0 Å². The topological polar surface area (TPSA) is 135 Å². The lowest BCUT2D eigenvalue weighted by Gasteiger charge is -2.08. The highest BCUT2D eigenvalue weighted by atomic mass is 32.2. The molecular weight excluding hydrogens is 287 g/mol. The molecule has 1 aromatic carbocycles. The summed E-state index contributed by atoms with van der Waals surface area (Å²) in [5, 5.41) is 9.17. The molecule has 20 heavy (non-hydrogen) atoms. The summed E-state index contributed by atoms with van der Waals surface area (Å²) in [5.41, 5.74) is 9.48. The van der Waals surface area contributed by atoms with E-state index >= 15 is 0 Å².